The Morgan fingerprint density at radius 1 is 1.12 bits per heavy atom. The lowest BCUT2D eigenvalue weighted by atomic mass is 9.83. The van der Waals surface area contributed by atoms with Crippen molar-refractivity contribution in [3.05, 3.63) is 99.2 Å². The zero-order valence-electron chi connectivity index (χ0n) is 18.4. The summed E-state index contributed by atoms with van der Waals surface area (Å²) >= 11 is 1.43. The monoisotopic (exact) mass is 442 g/mol. The van der Waals surface area contributed by atoms with Gasteiger partial charge >= 0.3 is 5.97 Å². The minimum absolute atomic E-state index is 0.0394. The number of aliphatic imine (C=N–C) groups is 1. The third kappa shape index (κ3) is 3.71. The first-order chi connectivity index (χ1) is 15.7. The number of esters is 1. The molecule has 2 heterocycles. The van der Waals surface area contributed by atoms with Crippen LogP contribution in [0.2, 0.25) is 0 Å². The summed E-state index contributed by atoms with van der Waals surface area (Å²) in [5.74, 6) is -0.267. The van der Waals surface area contributed by atoms with Crippen molar-refractivity contribution < 1.29 is 9.53 Å². The van der Waals surface area contributed by atoms with Crippen molar-refractivity contribution in [2.24, 2.45) is 4.99 Å². The molecular formula is C27H26N2O2S. The summed E-state index contributed by atoms with van der Waals surface area (Å²) in [4.78, 5) is 20.7. The second-order valence-electron chi connectivity index (χ2n) is 8.12. The Balaban J connectivity index is 1.64. The van der Waals surface area contributed by atoms with Gasteiger partial charge in [0, 0.05) is 5.70 Å². The number of hydrogen-bond acceptors (Lipinski definition) is 5. The molecular weight excluding hydrogens is 416 g/mol. The van der Waals surface area contributed by atoms with Gasteiger partial charge in [-0.1, -0.05) is 60.7 Å². The Hall–Kier alpha value is -3.05. The van der Waals surface area contributed by atoms with Crippen molar-refractivity contribution in [3.8, 4) is 0 Å². The van der Waals surface area contributed by atoms with Crippen molar-refractivity contribution in [1.29, 1.82) is 0 Å². The molecule has 1 unspecified atom stereocenters. The molecule has 0 aromatic heterocycles. The van der Waals surface area contributed by atoms with Crippen LogP contribution in [0.3, 0.4) is 0 Å². The van der Waals surface area contributed by atoms with Crippen LogP contribution >= 0.6 is 11.8 Å². The van der Waals surface area contributed by atoms with Gasteiger partial charge in [-0.25, -0.2) is 9.79 Å². The molecule has 2 aliphatic heterocycles. The first-order valence-electron chi connectivity index (χ1n) is 11.1. The SMILES string of the molecule is CCOC(=O)C1=C(C)N2C(=NC3=C(CCCC3=Cc3ccccc3)C2c2ccccc2)S1. The lowest BCUT2D eigenvalue weighted by Gasteiger charge is -2.39. The quantitative estimate of drug-likeness (QED) is 0.510. The van der Waals surface area contributed by atoms with Crippen LogP contribution in [0.1, 0.15) is 50.3 Å². The van der Waals surface area contributed by atoms with Crippen LogP contribution in [0, 0.1) is 0 Å². The lowest BCUT2D eigenvalue weighted by Crippen LogP contribution is -2.34. The van der Waals surface area contributed by atoms with Gasteiger partial charge < -0.3 is 9.64 Å². The lowest BCUT2D eigenvalue weighted by molar-refractivity contribution is -0.137. The van der Waals surface area contributed by atoms with Gasteiger partial charge in [0.2, 0.25) is 0 Å². The number of benzene rings is 2. The second-order valence-corrected chi connectivity index (χ2v) is 9.10. The highest BCUT2D eigenvalue weighted by molar-refractivity contribution is 8.18. The number of carbonyl (C=O) groups excluding carboxylic acids is 1. The van der Waals surface area contributed by atoms with Gasteiger partial charge in [0.1, 0.15) is 4.91 Å². The number of fused-ring (bicyclic) bond motifs is 1. The summed E-state index contributed by atoms with van der Waals surface area (Å²) in [6.45, 7) is 4.21. The molecule has 4 nitrogen and oxygen atoms in total. The van der Waals surface area contributed by atoms with E-state index in [0.29, 0.717) is 11.5 Å². The number of hydrogen-bond donors (Lipinski definition) is 0. The molecule has 162 valence electrons. The molecule has 0 radical (unpaired) electrons. The number of rotatable bonds is 4. The molecule has 0 N–H and O–H groups in total. The van der Waals surface area contributed by atoms with Crippen molar-refractivity contribution in [2.75, 3.05) is 6.61 Å². The van der Waals surface area contributed by atoms with Gasteiger partial charge in [0.25, 0.3) is 0 Å². The van der Waals surface area contributed by atoms with Crippen LogP contribution in [-0.2, 0) is 9.53 Å². The Kier molecular flexibility index (Phi) is 5.75. The van der Waals surface area contributed by atoms with Crippen LogP contribution in [0.15, 0.2) is 93.1 Å². The third-order valence-electron chi connectivity index (χ3n) is 6.10. The van der Waals surface area contributed by atoms with Gasteiger partial charge in [0.15, 0.2) is 5.17 Å². The van der Waals surface area contributed by atoms with Crippen molar-refractivity contribution in [2.45, 2.75) is 39.2 Å². The minimum atomic E-state index is -0.267. The summed E-state index contributed by atoms with van der Waals surface area (Å²) in [5.41, 5.74) is 7.03. The van der Waals surface area contributed by atoms with E-state index in [9.17, 15) is 4.79 Å². The molecule has 32 heavy (non-hydrogen) atoms. The smallest absolute Gasteiger partial charge is 0.346 e. The third-order valence-corrected chi connectivity index (χ3v) is 7.24. The van der Waals surface area contributed by atoms with E-state index in [4.69, 9.17) is 9.73 Å². The Labute approximate surface area is 193 Å². The normalized spacial score (nSPS) is 21.4. The van der Waals surface area contributed by atoms with Crippen LogP contribution in [0.4, 0.5) is 0 Å². The standard InChI is InChI=1S/C27H26N2O2S/c1-3-31-26(30)25-18(2)29-24(20-13-8-5-9-14-20)22-16-10-15-21(23(22)28-27(29)32-25)17-19-11-6-4-7-12-19/h4-9,11-14,17,24H,3,10,15-16H2,1-2H3. The molecule has 3 aliphatic rings. The average Bonchev–Trinajstić information content (AvgIpc) is 3.15. The number of carbonyl (C=O) groups is 1. The Morgan fingerprint density at radius 3 is 2.56 bits per heavy atom. The summed E-state index contributed by atoms with van der Waals surface area (Å²) < 4.78 is 5.34. The highest BCUT2D eigenvalue weighted by atomic mass is 32.2. The van der Waals surface area contributed by atoms with Crippen LogP contribution in [0.5, 0.6) is 0 Å². The van der Waals surface area contributed by atoms with E-state index in [1.807, 2.05) is 26.0 Å². The topological polar surface area (TPSA) is 41.9 Å². The molecule has 5 heteroatoms. The average molecular weight is 443 g/mol. The number of ether oxygens (including phenoxy) is 1. The number of thioether (sulfide) groups is 1. The van der Waals surface area contributed by atoms with E-state index in [1.54, 1.807) is 0 Å². The van der Waals surface area contributed by atoms with E-state index in [-0.39, 0.29) is 12.0 Å². The predicted molar refractivity (Wildman–Crippen MR) is 131 cm³/mol. The minimum Gasteiger partial charge on any atom is -0.462 e. The molecule has 0 saturated heterocycles. The maximum atomic E-state index is 12.7. The summed E-state index contributed by atoms with van der Waals surface area (Å²) in [5, 5.41) is 0.860. The molecule has 1 aliphatic carbocycles. The van der Waals surface area contributed by atoms with Crippen molar-refractivity contribution >= 4 is 29.0 Å². The molecule has 0 amide bonds. The molecule has 0 fully saturated rings. The number of amidine groups is 1. The fraction of sp³-hybridized carbons (Fsp3) is 0.259. The van der Waals surface area contributed by atoms with Crippen LogP contribution < -0.4 is 0 Å². The molecule has 0 bridgehead atoms. The first-order valence-corrected chi connectivity index (χ1v) is 12.0. The molecule has 2 aromatic carbocycles. The summed E-state index contributed by atoms with van der Waals surface area (Å²) in [6.07, 6.45) is 5.37. The molecule has 0 spiro atoms. The number of allylic oxidation sites excluding steroid dienone is 2. The largest absolute Gasteiger partial charge is 0.462 e. The zero-order chi connectivity index (χ0) is 22.1. The zero-order valence-corrected chi connectivity index (χ0v) is 19.2. The predicted octanol–water partition coefficient (Wildman–Crippen LogP) is 6.46. The van der Waals surface area contributed by atoms with E-state index < -0.39 is 0 Å². The molecule has 1 atom stereocenters. The molecule has 0 saturated carbocycles. The van der Waals surface area contributed by atoms with E-state index in [2.05, 4.69) is 59.5 Å². The van der Waals surface area contributed by atoms with Gasteiger partial charge in [-0.3, -0.25) is 0 Å². The second kappa shape index (κ2) is 8.83. The van der Waals surface area contributed by atoms with Gasteiger partial charge in [-0.2, -0.15) is 0 Å². The van der Waals surface area contributed by atoms with E-state index in [1.165, 1.54) is 34.0 Å². The van der Waals surface area contributed by atoms with E-state index >= 15 is 0 Å². The fourth-order valence-electron chi connectivity index (χ4n) is 4.68. The molecule has 5 rings (SSSR count). The maximum Gasteiger partial charge on any atom is 0.346 e. The van der Waals surface area contributed by atoms with Gasteiger partial charge in [-0.15, -0.1) is 0 Å². The van der Waals surface area contributed by atoms with E-state index in [0.717, 1.165) is 35.8 Å². The summed E-state index contributed by atoms with van der Waals surface area (Å²) in [6, 6.07) is 21.0. The number of nitrogens with zero attached hydrogens (tertiary/aromatic N) is 2. The van der Waals surface area contributed by atoms with Gasteiger partial charge in [-0.05, 0) is 73.2 Å². The first kappa shape index (κ1) is 20.8. The Morgan fingerprint density at radius 2 is 1.84 bits per heavy atom. The maximum absolute atomic E-state index is 12.7. The highest BCUT2D eigenvalue weighted by Crippen LogP contribution is 2.51. The summed E-state index contributed by atoms with van der Waals surface area (Å²) in [7, 11) is 0. The Bertz CT molecular complexity index is 1160. The van der Waals surface area contributed by atoms with Crippen LogP contribution in [-0.4, -0.2) is 22.6 Å². The van der Waals surface area contributed by atoms with Crippen molar-refractivity contribution in [1.82, 2.24) is 4.90 Å². The van der Waals surface area contributed by atoms with Gasteiger partial charge in [0.05, 0.1) is 18.3 Å². The van der Waals surface area contributed by atoms with Crippen LogP contribution in [0.25, 0.3) is 6.08 Å². The van der Waals surface area contributed by atoms with Crippen molar-refractivity contribution in [3.63, 3.8) is 0 Å². The fourth-order valence-corrected chi connectivity index (χ4v) is 5.73. The molecule has 2 aromatic rings. The highest BCUT2D eigenvalue weighted by Gasteiger charge is 2.42.